The molecule has 1 fully saturated rings. The standard InChI is InChI=1S/C15H18O2/c1-2-13-7-5-10-15(16-13)11-9-12-6-3-4-8-14(12)17-15/h2-4,6,8,13H,1,5,7,9-11H2/t13-,15+/m0/s1. The second kappa shape index (κ2) is 4.19. The smallest absolute Gasteiger partial charge is 0.211 e. The lowest BCUT2D eigenvalue weighted by atomic mass is 9.92. The molecular formula is C15H18O2. The van der Waals surface area contributed by atoms with E-state index in [9.17, 15) is 0 Å². The Morgan fingerprint density at radius 1 is 1.29 bits per heavy atom. The van der Waals surface area contributed by atoms with Crippen LogP contribution in [0.1, 0.15) is 31.2 Å². The predicted octanol–water partition coefficient (Wildman–Crippen LogP) is 3.46. The van der Waals surface area contributed by atoms with Crippen molar-refractivity contribution in [3.8, 4) is 5.75 Å². The second-order valence-electron chi connectivity index (χ2n) is 4.90. The summed E-state index contributed by atoms with van der Waals surface area (Å²) in [4.78, 5) is 0. The van der Waals surface area contributed by atoms with Gasteiger partial charge in [-0.1, -0.05) is 24.3 Å². The molecule has 17 heavy (non-hydrogen) atoms. The van der Waals surface area contributed by atoms with Crippen LogP contribution in [0, 0.1) is 0 Å². The van der Waals surface area contributed by atoms with Gasteiger partial charge in [-0.25, -0.2) is 0 Å². The quantitative estimate of drug-likeness (QED) is 0.688. The number of benzene rings is 1. The van der Waals surface area contributed by atoms with Gasteiger partial charge in [-0.05, 0) is 30.9 Å². The molecule has 2 atom stereocenters. The molecule has 0 amide bonds. The first-order valence-corrected chi connectivity index (χ1v) is 6.39. The van der Waals surface area contributed by atoms with Gasteiger partial charge in [-0.15, -0.1) is 6.58 Å². The molecule has 0 aliphatic carbocycles. The van der Waals surface area contributed by atoms with E-state index < -0.39 is 5.79 Å². The van der Waals surface area contributed by atoms with Crippen LogP contribution in [0.5, 0.6) is 5.75 Å². The first-order valence-electron chi connectivity index (χ1n) is 6.39. The largest absolute Gasteiger partial charge is 0.462 e. The van der Waals surface area contributed by atoms with E-state index in [1.54, 1.807) is 0 Å². The molecule has 2 aliphatic heterocycles. The first-order chi connectivity index (χ1) is 8.31. The number of hydrogen-bond donors (Lipinski definition) is 0. The summed E-state index contributed by atoms with van der Waals surface area (Å²) in [6.45, 7) is 3.83. The molecule has 1 saturated heterocycles. The maximum atomic E-state index is 6.12. The van der Waals surface area contributed by atoms with E-state index in [0.717, 1.165) is 37.9 Å². The van der Waals surface area contributed by atoms with Crippen LogP contribution in [0.25, 0.3) is 0 Å². The summed E-state index contributed by atoms with van der Waals surface area (Å²) in [6, 6.07) is 8.26. The van der Waals surface area contributed by atoms with Crippen molar-refractivity contribution >= 4 is 0 Å². The molecule has 2 heteroatoms. The van der Waals surface area contributed by atoms with Gasteiger partial charge in [0.05, 0.1) is 6.10 Å². The fourth-order valence-electron chi connectivity index (χ4n) is 2.78. The number of rotatable bonds is 1. The lowest BCUT2D eigenvalue weighted by Crippen LogP contribution is -2.47. The highest BCUT2D eigenvalue weighted by Gasteiger charge is 2.41. The van der Waals surface area contributed by atoms with Gasteiger partial charge in [0.1, 0.15) is 5.75 Å². The average molecular weight is 230 g/mol. The van der Waals surface area contributed by atoms with Crippen LogP contribution >= 0.6 is 0 Å². The van der Waals surface area contributed by atoms with Crippen molar-refractivity contribution in [3.63, 3.8) is 0 Å². The van der Waals surface area contributed by atoms with Gasteiger partial charge >= 0.3 is 0 Å². The summed E-state index contributed by atoms with van der Waals surface area (Å²) in [7, 11) is 0. The number of fused-ring (bicyclic) bond motifs is 1. The van der Waals surface area contributed by atoms with Crippen molar-refractivity contribution < 1.29 is 9.47 Å². The molecule has 2 heterocycles. The third-order valence-corrected chi connectivity index (χ3v) is 3.72. The molecule has 0 saturated carbocycles. The van der Waals surface area contributed by atoms with Gasteiger partial charge in [0.15, 0.2) is 0 Å². The van der Waals surface area contributed by atoms with Crippen molar-refractivity contribution in [2.24, 2.45) is 0 Å². The zero-order chi connectivity index (χ0) is 11.7. The highest BCUT2D eigenvalue weighted by atomic mass is 16.7. The third kappa shape index (κ3) is 1.98. The van der Waals surface area contributed by atoms with Gasteiger partial charge in [0, 0.05) is 12.8 Å². The van der Waals surface area contributed by atoms with Crippen LogP contribution in [-0.2, 0) is 11.2 Å². The summed E-state index contributed by atoms with van der Waals surface area (Å²) in [5.41, 5.74) is 1.29. The van der Waals surface area contributed by atoms with Crippen LogP contribution in [0.3, 0.4) is 0 Å². The van der Waals surface area contributed by atoms with E-state index in [1.807, 2.05) is 18.2 Å². The lowest BCUT2D eigenvalue weighted by Gasteiger charge is -2.43. The maximum Gasteiger partial charge on any atom is 0.211 e. The Balaban J connectivity index is 1.84. The molecule has 90 valence electrons. The Bertz CT molecular complexity index is 427. The van der Waals surface area contributed by atoms with E-state index >= 15 is 0 Å². The molecule has 0 N–H and O–H groups in total. The zero-order valence-corrected chi connectivity index (χ0v) is 10.0. The SMILES string of the molecule is C=C[C@H]1CCC[C@@]2(CCc3ccccc3O2)O1. The molecule has 1 aromatic carbocycles. The van der Waals surface area contributed by atoms with Crippen LogP contribution in [-0.4, -0.2) is 11.9 Å². The number of aryl methyl sites for hydroxylation is 1. The Labute approximate surface area is 102 Å². The molecule has 0 unspecified atom stereocenters. The topological polar surface area (TPSA) is 18.5 Å². The summed E-state index contributed by atoms with van der Waals surface area (Å²) in [5, 5.41) is 0. The van der Waals surface area contributed by atoms with E-state index in [2.05, 4.69) is 18.7 Å². The Hall–Kier alpha value is -1.28. The van der Waals surface area contributed by atoms with Crippen LogP contribution in [0.2, 0.25) is 0 Å². The minimum absolute atomic E-state index is 0.147. The van der Waals surface area contributed by atoms with Gasteiger partial charge in [0.2, 0.25) is 5.79 Å². The Kier molecular flexibility index (Phi) is 2.67. The van der Waals surface area contributed by atoms with Gasteiger partial charge < -0.3 is 9.47 Å². The summed E-state index contributed by atoms with van der Waals surface area (Å²) in [6.07, 6.45) is 7.24. The molecule has 1 aromatic rings. The van der Waals surface area contributed by atoms with Crippen LogP contribution < -0.4 is 4.74 Å². The highest BCUT2D eigenvalue weighted by molar-refractivity contribution is 5.35. The Morgan fingerprint density at radius 2 is 2.18 bits per heavy atom. The Morgan fingerprint density at radius 3 is 3.06 bits per heavy atom. The number of para-hydroxylation sites is 1. The molecule has 2 nitrogen and oxygen atoms in total. The molecule has 0 radical (unpaired) electrons. The highest BCUT2D eigenvalue weighted by Crippen LogP contribution is 2.40. The summed E-state index contributed by atoms with van der Waals surface area (Å²) < 4.78 is 12.2. The molecule has 2 aliphatic rings. The van der Waals surface area contributed by atoms with Crippen molar-refractivity contribution in [3.05, 3.63) is 42.5 Å². The zero-order valence-electron chi connectivity index (χ0n) is 10.0. The third-order valence-electron chi connectivity index (χ3n) is 3.72. The maximum absolute atomic E-state index is 6.12. The molecule has 3 rings (SSSR count). The van der Waals surface area contributed by atoms with Gasteiger partial charge in [-0.3, -0.25) is 0 Å². The van der Waals surface area contributed by atoms with Crippen molar-refractivity contribution in [2.75, 3.05) is 0 Å². The van der Waals surface area contributed by atoms with E-state index in [-0.39, 0.29) is 6.10 Å². The van der Waals surface area contributed by atoms with E-state index in [0.29, 0.717) is 0 Å². The first kappa shape index (κ1) is 10.8. The molecule has 0 aromatic heterocycles. The van der Waals surface area contributed by atoms with Crippen molar-refractivity contribution in [1.82, 2.24) is 0 Å². The number of ether oxygens (including phenoxy) is 2. The van der Waals surface area contributed by atoms with Crippen LogP contribution in [0.4, 0.5) is 0 Å². The number of hydrogen-bond acceptors (Lipinski definition) is 2. The van der Waals surface area contributed by atoms with E-state index in [1.165, 1.54) is 5.56 Å². The predicted molar refractivity (Wildman–Crippen MR) is 67.0 cm³/mol. The van der Waals surface area contributed by atoms with Crippen molar-refractivity contribution in [1.29, 1.82) is 0 Å². The van der Waals surface area contributed by atoms with Crippen LogP contribution in [0.15, 0.2) is 36.9 Å². The summed E-state index contributed by atoms with van der Waals surface area (Å²) >= 11 is 0. The average Bonchev–Trinajstić information content (AvgIpc) is 2.38. The van der Waals surface area contributed by atoms with Gasteiger partial charge in [-0.2, -0.15) is 0 Å². The van der Waals surface area contributed by atoms with Crippen molar-refractivity contribution in [2.45, 2.75) is 44.0 Å². The summed E-state index contributed by atoms with van der Waals surface area (Å²) in [5.74, 6) is 0.592. The van der Waals surface area contributed by atoms with E-state index in [4.69, 9.17) is 9.47 Å². The minimum Gasteiger partial charge on any atom is -0.462 e. The molecule has 0 bridgehead atoms. The normalized spacial score (nSPS) is 31.6. The fraction of sp³-hybridized carbons (Fsp3) is 0.467. The van der Waals surface area contributed by atoms with Gasteiger partial charge in [0.25, 0.3) is 0 Å². The molecule has 1 spiro atoms. The minimum atomic E-state index is -0.397. The second-order valence-corrected chi connectivity index (χ2v) is 4.90. The monoisotopic (exact) mass is 230 g/mol. The molecular weight excluding hydrogens is 212 g/mol. The lowest BCUT2D eigenvalue weighted by molar-refractivity contribution is -0.233. The fourth-order valence-corrected chi connectivity index (χ4v) is 2.78.